The molecular weight excluding hydrogens is 292 g/mol. The van der Waals surface area contributed by atoms with E-state index in [-0.39, 0.29) is 12.5 Å². The molecule has 2 heterocycles. The Morgan fingerprint density at radius 3 is 2.91 bits per heavy atom. The molecule has 6 nitrogen and oxygen atoms in total. The monoisotopic (exact) mass is 314 g/mol. The minimum atomic E-state index is -0.0549. The van der Waals surface area contributed by atoms with Crippen LogP contribution in [0.5, 0.6) is 0 Å². The predicted molar refractivity (Wildman–Crippen MR) is 87.8 cm³/mol. The Balaban J connectivity index is 1.70. The van der Waals surface area contributed by atoms with Gasteiger partial charge in [-0.05, 0) is 17.2 Å². The molecule has 122 valence electrons. The van der Waals surface area contributed by atoms with Gasteiger partial charge in [0.05, 0.1) is 19.4 Å². The van der Waals surface area contributed by atoms with Crippen molar-refractivity contribution >= 4 is 5.91 Å². The summed E-state index contributed by atoms with van der Waals surface area (Å²) in [6.45, 7) is 4.76. The number of aromatic nitrogens is 2. The standard InChI is InChI=1S/C17H22N4O2/c1-18-17(22)13-21-12-16(10-19-21)15-4-2-3-14(9-15)11-20-5-7-23-8-6-20/h2-4,9-10,12H,5-8,11,13H2,1H3,(H,18,22). The summed E-state index contributed by atoms with van der Waals surface area (Å²) < 4.78 is 7.04. The molecule has 1 aromatic heterocycles. The minimum Gasteiger partial charge on any atom is -0.379 e. The Kier molecular flexibility index (Phi) is 5.05. The number of hydrogen-bond donors (Lipinski definition) is 1. The van der Waals surface area contributed by atoms with E-state index in [1.54, 1.807) is 17.9 Å². The molecule has 0 aliphatic carbocycles. The number of hydrogen-bond acceptors (Lipinski definition) is 4. The van der Waals surface area contributed by atoms with Crippen LogP contribution in [0.25, 0.3) is 11.1 Å². The number of nitrogens with one attached hydrogen (secondary N) is 1. The molecule has 6 heteroatoms. The van der Waals surface area contributed by atoms with Gasteiger partial charge in [-0.15, -0.1) is 0 Å². The van der Waals surface area contributed by atoms with E-state index >= 15 is 0 Å². The van der Waals surface area contributed by atoms with Crippen molar-refractivity contribution in [3.63, 3.8) is 0 Å². The topological polar surface area (TPSA) is 59.4 Å². The van der Waals surface area contributed by atoms with E-state index < -0.39 is 0 Å². The first-order valence-electron chi connectivity index (χ1n) is 7.87. The molecule has 0 bridgehead atoms. The van der Waals surface area contributed by atoms with E-state index in [2.05, 4.69) is 39.6 Å². The van der Waals surface area contributed by atoms with Crippen molar-refractivity contribution in [3.05, 3.63) is 42.2 Å². The van der Waals surface area contributed by atoms with E-state index in [0.717, 1.165) is 44.0 Å². The third-order valence-electron chi connectivity index (χ3n) is 3.99. The van der Waals surface area contributed by atoms with Crippen LogP contribution in [-0.4, -0.2) is 53.9 Å². The lowest BCUT2D eigenvalue weighted by molar-refractivity contribution is -0.121. The first-order chi connectivity index (χ1) is 11.2. The molecule has 1 aliphatic rings. The van der Waals surface area contributed by atoms with Crippen LogP contribution >= 0.6 is 0 Å². The van der Waals surface area contributed by atoms with Gasteiger partial charge in [-0.25, -0.2) is 0 Å². The lowest BCUT2D eigenvalue weighted by Crippen LogP contribution is -2.35. The van der Waals surface area contributed by atoms with Gasteiger partial charge < -0.3 is 10.1 Å². The second-order valence-electron chi connectivity index (χ2n) is 5.69. The highest BCUT2D eigenvalue weighted by Crippen LogP contribution is 2.20. The summed E-state index contributed by atoms with van der Waals surface area (Å²) in [5.74, 6) is -0.0549. The number of carbonyl (C=O) groups excluding carboxylic acids is 1. The number of likely N-dealkylation sites (N-methyl/N-ethyl adjacent to an activating group) is 1. The van der Waals surface area contributed by atoms with Gasteiger partial charge in [0.15, 0.2) is 0 Å². The molecule has 23 heavy (non-hydrogen) atoms. The van der Waals surface area contributed by atoms with Crippen LogP contribution in [0.1, 0.15) is 5.56 Å². The lowest BCUT2D eigenvalue weighted by atomic mass is 10.1. The lowest BCUT2D eigenvalue weighted by Gasteiger charge is -2.26. The summed E-state index contributed by atoms with van der Waals surface area (Å²) in [6, 6.07) is 8.48. The van der Waals surface area contributed by atoms with Crippen LogP contribution < -0.4 is 5.32 Å². The quantitative estimate of drug-likeness (QED) is 0.899. The smallest absolute Gasteiger partial charge is 0.241 e. The summed E-state index contributed by atoms with van der Waals surface area (Å²) >= 11 is 0. The van der Waals surface area contributed by atoms with Crippen LogP contribution in [0.4, 0.5) is 0 Å². The van der Waals surface area contributed by atoms with Gasteiger partial charge >= 0.3 is 0 Å². The number of morpholine rings is 1. The third-order valence-corrected chi connectivity index (χ3v) is 3.99. The highest BCUT2D eigenvalue weighted by atomic mass is 16.5. The molecule has 2 aromatic rings. The molecule has 0 spiro atoms. The van der Waals surface area contributed by atoms with E-state index in [1.165, 1.54) is 5.56 Å². The molecule has 0 saturated carbocycles. The SMILES string of the molecule is CNC(=O)Cn1cc(-c2cccc(CN3CCOCC3)c2)cn1. The predicted octanol–water partition coefficient (Wildman–Crippen LogP) is 1.13. The Morgan fingerprint density at radius 1 is 1.30 bits per heavy atom. The van der Waals surface area contributed by atoms with E-state index in [0.29, 0.717) is 0 Å². The van der Waals surface area contributed by atoms with Crippen LogP contribution in [0.3, 0.4) is 0 Å². The average molecular weight is 314 g/mol. The maximum atomic E-state index is 11.4. The van der Waals surface area contributed by atoms with Crippen molar-refractivity contribution in [3.8, 4) is 11.1 Å². The fraction of sp³-hybridized carbons (Fsp3) is 0.412. The molecule has 1 aromatic carbocycles. The maximum Gasteiger partial charge on any atom is 0.241 e. The molecule has 0 unspecified atom stereocenters. The van der Waals surface area contributed by atoms with E-state index in [1.807, 2.05) is 6.20 Å². The number of nitrogens with zero attached hydrogens (tertiary/aromatic N) is 3. The number of rotatable bonds is 5. The summed E-state index contributed by atoms with van der Waals surface area (Å²) in [7, 11) is 1.63. The average Bonchev–Trinajstić information content (AvgIpc) is 3.04. The fourth-order valence-electron chi connectivity index (χ4n) is 2.69. The Labute approximate surface area is 136 Å². The van der Waals surface area contributed by atoms with Crippen molar-refractivity contribution in [1.82, 2.24) is 20.0 Å². The maximum absolute atomic E-state index is 11.4. The van der Waals surface area contributed by atoms with Gasteiger partial charge in [0.1, 0.15) is 6.54 Å². The van der Waals surface area contributed by atoms with Crippen molar-refractivity contribution in [2.45, 2.75) is 13.1 Å². The van der Waals surface area contributed by atoms with Crippen molar-refractivity contribution in [1.29, 1.82) is 0 Å². The largest absolute Gasteiger partial charge is 0.379 e. The number of benzene rings is 1. The van der Waals surface area contributed by atoms with Gasteiger partial charge in [0.2, 0.25) is 5.91 Å². The summed E-state index contributed by atoms with van der Waals surface area (Å²) in [5, 5.41) is 6.86. The molecule has 0 radical (unpaired) electrons. The van der Waals surface area contributed by atoms with Crippen LogP contribution in [0.15, 0.2) is 36.7 Å². The molecule has 1 amide bonds. The van der Waals surface area contributed by atoms with E-state index in [4.69, 9.17) is 4.74 Å². The molecule has 1 saturated heterocycles. The molecule has 1 N–H and O–H groups in total. The Bertz CT molecular complexity index is 662. The fourth-order valence-corrected chi connectivity index (χ4v) is 2.69. The molecule has 1 aliphatic heterocycles. The normalized spacial score (nSPS) is 15.5. The van der Waals surface area contributed by atoms with Crippen LogP contribution in [0.2, 0.25) is 0 Å². The zero-order chi connectivity index (χ0) is 16.1. The van der Waals surface area contributed by atoms with Gasteiger partial charge in [0.25, 0.3) is 0 Å². The van der Waals surface area contributed by atoms with Crippen LogP contribution in [-0.2, 0) is 22.6 Å². The molecule has 1 fully saturated rings. The van der Waals surface area contributed by atoms with Gasteiger partial charge in [0, 0.05) is 38.4 Å². The number of carbonyl (C=O) groups is 1. The number of ether oxygens (including phenoxy) is 1. The second-order valence-corrected chi connectivity index (χ2v) is 5.69. The van der Waals surface area contributed by atoms with Crippen molar-refractivity contribution < 1.29 is 9.53 Å². The summed E-state index contributed by atoms with van der Waals surface area (Å²) in [5.41, 5.74) is 3.43. The van der Waals surface area contributed by atoms with E-state index in [9.17, 15) is 4.79 Å². The minimum absolute atomic E-state index is 0.0549. The van der Waals surface area contributed by atoms with Crippen LogP contribution in [0, 0.1) is 0 Å². The van der Waals surface area contributed by atoms with Gasteiger partial charge in [-0.2, -0.15) is 5.10 Å². The number of amides is 1. The highest BCUT2D eigenvalue weighted by Gasteiger charge is 2.11. The first kappa shape index (κ1) is 15.7. The Morgan fingerprint density at radius 2 is 2.13 bits per heavy atom. The van der Waals surface area contributed by atoms with Gasteiger partial charge in [-0.1, -0.05) is 18.2 Å². The third kappa shape index (κ3) is 4.18. The van der Waals surface area contributed by atoms with Gasteiger partial charge in [-0.3, -0.25) is 14.4 Å². The first-order valence-corrected chi connectivity index (χ1v) is 7.87. The Hall–Kier alpha value is -2.18. The summed E-state index contributed by atoms with van der Waals surface area (Å²) in [4.78, 5) is 13.8. The molecular formula is C17H22N4O2. The zero-order valence-corrected chi connectivity index (χ0v) is 13.4. The molecule has 0 atom stereocenters. The highest BCUT2D eigenvalue weighted by molar-refractivity contribution is 5.75. The molecule has 3 rings (SSSR count). The van der Waals surface area contributed by atoms with Crippen molar-refractivity contribution in [2.75, 3.05) is 33.4 Å². The summed E-state index contributed by atoms with van der Waals surface area (Å²) in [6.07, 6.45) is 3.71. The second kappa shape index (κ2) is 7.39. The zero-order valence-electron chi connectivity index (χ0n) is 13.4. The van der Waals surface area contributed by atoms with Crippen molar-refractivity contribution in [2.24, 2.45) is 0 Å².